The molecule has 0 spiro atoms. The largest absolute Gasteiger partial charge is 0.343 e. The predicted octanol–water partition coefficient (Wildman–Crippen LogP) is 3.71. The van der Waals surface area contributed by atoms with Gasteiger partial charge >= 0.3 is 6.03 Å². The van der Waals surface area contributed by atoms with E-state index < -0.39 is 0 Å². The summed E-state index contributed by atoms with van der Waals surface area (Å²) in [5.41, 5.74) is 4.38. The maximum atomic E-state index is 12.8. The number of nitrogens with zero attached hydrogens (tertiary/aromatic N) is 3. The molecule has 0 radical (unpaired) electrons. The second-order valence-corrected chi connectivity index (χ2v) is 7.98. The molecule has 0 aliphatic carbocycles. The van der Waals surface area contributed by atoms with Crippen LogP contribution in [0.1, 0.15) is 18.9 Å². The van der Waals surface area contributed by atoms with Crippen molar-refractivity contribution in [2.24, 2.45) is 5.92 Å². The van der Waals surface area contributed by atoms with E-state index in [1.54, 1.807) is 11.8 Å². The van der Waals surface area contributed by atoms with Crippen LogP contribution in [-0.4, -0.2) is 55.0 Å². The van der Waals surface area contributed by atoms with Crippen molar-refractivity contribution in [2.45, 2.75) is 19.8 Å². The van der Waals surface area contributed by atoms with Crippen LogP contribution in [-0.2, 0) is 11.2 Å². The zero-order valence-corrected chi connectivity index (χ0v) is 17.1. The number of anilines is 3. The van der Waals surface area contributed by atoms with Gasteiger partial charge in [0, 0.05) is 45.8 Å². The SMILES string of the molecule is CC(=O)N1CCC(CN(C)C(=O)Nc2ccccc2N2CCc3ccccc32)C1. The Labute approximate surface area is 172 Å². The monoisotopic (exact) mass is 392 g/mol. The van der Waals surface area contributed by atoms with Crippen molar-refractivity contribution in [3.05, 3.63) is 54.1 Å². The lowest BCUT2D eigenvalue weighted by molar-refractivity contribution is -0.127. The van der Waals surface area contributed by atoms with Gasteiger partial charge in [0.05, 0.1) is 11.4 Å². The molecule has 1 fully saturated rings. The summed E-state index contributed by atoms with van der Waals surface area (Å²) in [7, 11) is 1.82. The van der Waals surface area contributed by atoms with Gasteiger partial charge in [-0.3, -0.25) is 4.79 Å². The standard InChI is InChI=1S/C23H28N4O2/c1-17(28)26-13-11-18(16-26)15-25(2)23(29)24-20-8-4-6-10-22(20)27-14-12-19-7-3-5-9-21(19)27/h3-10,18H,11-16H2,1-2H3,(H,24,29). The fraction of sp³-hybridized carbons (Fsp3) is 0.391. The predicted molar refractivity (Wildman–Crippen MR) is 116 cm³/mol. The van der Waals surface area contributed by atoms with Crippen molar-refractivity contribution in [3.63, 3.8) is 0 Å². The number of carbonyl (C=O) groups excluding carboxylic acids is 2. The Morgan fingerprint density at radius 2 is 1.79 bits per heavy atom. The van der Waals surface area contributed by atoms with Crippen LogP contribution >= 0.6 is 0 Å². The van der Waals surface area contributed by atoms with Crippen molar-refractivity contribution in [2.75, 3.05) is 43.4 Å². The molecule has 2 aromatic rings. The molecular formula is C23H28N4O2. The number of carbonyl (C=O) groups is 2. The first-order valence-corrected chi connectivity index (χ1v) is 10.2. The van der Waals surface area contributed by atoms with Gasteiger partial charge in [0.2, 0.25) is 5.91 Å². The molecule has 6 heteroatoms. The molecule has 1 atom stereocenters. The van der Waals surface area contributed by atoms with Crippen LogP contribution < -0.4 is 10.2 Å². The minimum atomic E-state index is -0.119. The van der Waals surface area contributed by atoms with Gasteiger partial charge in [-0.15, -0.1) is 0 Å². The fourth-order valence-corrected chi connectivity index (χ4v) is 4.35. The van der Waals surface area contributed by atoms with Gasteiger partial charge in [0.15, 0.2) is 0 Å². The normalized spacial score (nSPS) is 17.9. The molecule has 29 heavy (non-hydrogen) atoms. The zero-order chi connectivity index (χ0) is 20.4. The molecule has 0 bridgehead atoms. The minimum absolute atomic E-state index is 0.111. The maximum absolute atomic E-state index is 12.8. The second kappa shape index (κ2) is 8.15. The highest BCUT2D eigenvalue weighted by Crippen LogP contribution is 2.38. The van der Waals surface area contributed by atoms with Crippen molar-refractivity contribution in [3.8, 4) is 0 Å². The Bertz CT molecular complexity index is 913. The van der Waals surface area contributed by atoms with Crippen LogP contribution in [0.2, 0.25) is 0 Å². The third kappa shape index (κ3) is 4.06. The summed E-state index contributed by atoms with van der Waals surface area (Å²) in [4.78, 5) is 30.2. The van der Waals surface area contributed by atoms with E-state index in [-0.39, 0.29) is 11.9 Å². The highest BCUT2D eigenvalue weighted by Gasteiger charge is 2.27. The topological polar surface area (TPSA) is 55.9 Å². The lowest BCUT2D eigenvalue weighted by Gasteiger charge is -2.25. The van der Waals surface area contributed by atoms with Gasteiger partial charge in [-0.2, -0.15) is 0 Å². The van der Waals surface area contributed by atoms with Gasteiger partial charge in [-0.05, 0) is 42.5 Å². The molecule has 2 aromatic carbocycles. The van der Waals surface area contributed by atoms with Gasteiger partial charge in [0.1, 0.15) is 0 Å². The number of para-hydroxylation sites is 3. The van der Waals surface area contributed by atoms with E-state index in [4.69, 9.17) is 0 Å². The number of fused-ring (bicyclic) bond motifs is 1. The van der Waals surface area contributed by atoms with Crippen LogP contribution in [0.25, 0.3) is 0 Å². The number of hydrogen-bond donors (Lipinski definition) is 1. The van der Waals surface area contributed by atoms with E-state index in [1.807, 2.05) is 30.1 Å². The molecule has 1 saturated heterocycles. The van der Waals surface area contributed by atoms with Gasteiger partial charge in [-0.1, -0.05) is 30.3 Å². The number of amides is 3. The molecule has 152 valence electrons. The molecule has 1 unspecified atom stereocenters. The number of likely N-dealkylation sites (tertiary alicyclic amines) is 1. The molecule has 6 nitrogen and oxygen atoms in total. The van der Waals surface area contributed by atoms with Gasteiger partial charge in [0.25, 0.3) is 0 Å². The molecule has 2 aliphatic rings. The van der Waals surface area contributed by atoms with Crippen LogP contribution in [0.5, 0.6) is 0 Å². The molecule has 2 aliphatic heterocycles. The third-order valence-electron chi connectivity index (χ3n) is 5.93. The van der Waals surface area contributed by atoms with Gasteiger partial charge in [-0.25, -0.2) is 4.79 Å². The average molecular weight is 393 g/mol. The zero-order valence-electron chi connectivity index (χ0n) is 17.1. The van der Waals surface area contributed by atoms with E-state index in [0.717, 1.165) is 43.9 Å². The lowest BCUT2D eigenvalue weighted by Crippen LogP contribution is -2.36. The fourth-order valence-electron chi connectivity index (χ4n) is 4.35. The number of urea groups is 1. The first-order chi connectivity index (χ1) is 14.0. The van der Waals surface area contributed by atoms with Crippen molar-refractivity contribution < 1.29 is 9.59 Å². The van der Waals surface area contributed by atoms with E-state index in [1.165, 1.54) is 11.3 Å². The summed E-state index contributed by atoms with van der Waals surface area (Å²) in [6, 6.07) is 16.3. The van der Waals surface area contributed by atoms with Crippen molar-refractivity contribution in [1.29, 1.82) is 0 Å². The van der Waals surface area contributed by atoms with Crippen LogP contribution in [0.4, 0.5) is 21.9 Å². The Hall–Kier alpha value is -3.02. The van der Waals surface area contributed by atoms with E-state index in [2.05, 4.69) is 40.5 Å². The Kier molecular flexibility index (Phi) is 5.43. The number of benzene rings is 2. The molecule has 0 aromatic heterocycles. The quantitative estimate of drug-likeness (QED) is 0.863. The van der Waals surface area contributed by atoms with Gasteiger partial charge < -0.3 is 20.0 Å². The summed E-state index contributed by atoms with van der Waals surface area (Å²) in [5.74, 6) is 0.440. The highest BCUT2D eigenvalue weighted by atomic mass is 16.2. The molecule has 4 rings (SSSR count). The Morgan fingerprint density at radius 3 is 2.55 bits per heavy atom. The average Bonchev–Trinajstić information content (AvgIpc) is 3.35. The number of hydrogen-bond acceptors (Lipinski definition) is 3. The third-order valence-corrected chi connectivity index (χ3v) is 5.93. The number of rotatable bonds is 4. The minimum Gasteiger partial charge on any atom is -0.343 e. The first-order valence-electron chi connectivity index (χ1n) is 10.2. The summed E-state index contributed by atoms with van der Waals surface area (Å²) in [5, 5.41) is 3.09. The van der Waals surface area contributed by atoms with Crippen LogP contribution in [0.15, 0.2) is 48.5 Å². The van der Waals surface area contributed by atoms with Crippen LogP contribution in [0, 0.1) is 5.92 Å². The Balaban J connectivity index is 1.44. The molecular weight excluding hydrogens is 364 g/mol. The Morgan fingerprint density at radius 1 is 1.07 bits per heavy atom. The highest BCUT2D eigenvalue weighted by molar-refractivity contribution is 5.94. The summed E-state index contributed by atoms with van der Waals surface area (Å²) in [6.07, 6.45) is 1.95. The molecule has 2 heterocycles. The van der Waals surface area contributed by atoms with Crippen molar-refractivity contribution >= 4 is 29.0 Å². The summed E-state index contributed by atoms with van der Waals surface area (Å²) >= 11 is 0. The van der Waals surface area contributed by atoms with Crippen LogP contribution in [0.3, 0.4) is 0 Å². The number of nitrogens with one attached hydrogen (secondary N) is 1. The van der Waals surface area contributed by atoms with E-state index >= 15 is 0 Å². The maximum Gasteiger partial charge on any atom is 0.321 e. The van der Waals surface area contributed by atoms with Crippen molar-refractivity contribution in [1.82, 2.24) is 9.80 Å². The summed E-state index contributed by atoms with van der Waals surface area (Å²) < 4.78 is 0. The smallest absolute Gasteiger partial charge is 0.321 e. The summed E-state index contributed by atoms with van der Waals surface area (Å²) in [6.45, 7) is 4.67. The molecule has 3 amide bonds. The van der Waals surface area contributed by atoms with E-state index in [0.29, 0.717) is 12.5 Å². The molecule has 0 saturated carbocycles. The molecule has 1 N–H and O–H groups in total. The van der Waals surface area contributed by atoms with E-state index in [9.17, 15) is 9.59 Å². The second-order valence-electron chi connectivity index (χ2n) is 7.98. The lowest BCUT2D eigenvalue weighted by atomic mass is 10.1. The first kappa shape index (κ1) is 19.3.